The molecule has 7 nitrogen and oxygen atoms in total. The number of hydrogen-bond acceptors (Lipinski definition) is 5. The maximum absolute atomic E-state index is 12.5. The number of benzene rings is 2. The van der Waals surface area contributed by atoms with Gasteiger partial charge in [0.2, 0.25) is 12.7 Å². The van der Waals surface area contributed by atoms with Gasteiger partial charge >= 0.3 is 0 Å². The van der Waals surface area contributed by atoms with Crippen molar-refractivity contribution in [3.63, 3.8) is 0 Å². The van der Waals surface area contributed by atoms with Crippen LogP contribution >= 0.6 is 11.6 Å². The van der Waals surface area contributed by atoms with E-state index in [1.807, 2.05) is 24.3 Å². The molecule has 8 heteroatoms. The number of carbonyl (C=O) groups is 2. The summed E-state index contributed by atoms with van der Waals surface area (Å²) in [6.45, 7) is 2.67. The Hall–Kier alpha value is -2.93. The summed E-state index contributed by atoms with van der Waals surface area (Å²) in [5.74, 6) is 0.496. The van der Waals surface area contributed by atoms with Gasteiger partial charge in [0.1, 0.15) is 0 Å². The molecule has 0 unspecified atom stereocenters. The molecule has 1 saturated heterocycles. The van der Waals surface area contributed by atoms with Gasteiger partial charge in [0, 0.05) is 36.9 Å². The number of nitrogens with one attached hydrogen (secondary N) is 1. The number of nitrogens with zero attached hydrogens (tertiary/aromatic N) is 2. The van der Waals surface area contributed by atoms with E-state index in [0.29, 0.717) is 35.2 Å². The van der Waals surface area contributed by atoms with Crippen molar-refractivity contribution in [3.05, 3.63) is 53.1 Å². The first-order valence-electron chi connectivity index (χ1n) is 9.07. The van der Waals surface area contributed by atoms with Crippen LogP contribution in [0.15, 0.2) is 42.5 Å². The molecule has 2 aliphatic heterocycles. The zero-order valence-corrected chi connectivity index (χ0v) is 15.9. The third-order valence-electron chi connectivity index (χ3n) is 4.85. The Labute approximate surface area is 167 Å². The van der Waals surface area contributed by atoms with Crippen molar-refractivity contribution in [1.82, 2.24) is 10.2 Å². The lowest BCUT2D eigenvalue weighted by molar-refractivity contribution is -0.130. The molecule has 0 aromatic heterocycles. The number of anilines is 1. The predicted octanol–water partition coefficient (Wildman–Crippen LogP) is 2.15. The van der Waals surface area contributed by atoms with Crippen LogP contribution in [0.5, 0.6) is 11.5 Å². The molecule has 0 saturated carbocycles. The maximum Gasteiger partial charge on any atom is 0.255 e. The Morgan fingerprint density at radius 1 is 1.04 bits per heavy atom. The monoisotopic (exact) mass is 401 g/mol. The van der Waals surface area contributed by atoms with Crippen molar-refractivity contribution >= 4 is 29.1 Å². The Morgan fingerprint density at radius 2 is 1.82 bits per heavy atom. The molecule has 28 heavy (non-hydrogen) atoms. The van der Waals surface area contributed by atoms with E-state index in [4.69, 9.17) is 21.1 Å². The van der Waals surface area contributed by atoms with E-state index >= 15 is 0 Å². The van der Waals surface area contributed by atoms with Crippen LogP contribution in [-0.2, 0) is 4.79 Å². The summed E-state index contributed by atoms with van der Waals surface area (Å²) < 4.78 is 10.6. The summed E-state index contributed by atoms with van der Waals surface area (Å²) in [6.07, 6.45) is 0. The number of hydrogen-bond donors (Lipinski definition) is 1. The minimum Gasteiger partial charge on any atom is -0.454 e. The average Bonchev–Trinajstić information content (AvgIpc) is 3.21. The van der Waals surface area contributed by atoms with Gasteiger partial charge in [-0.3, -0.25) is 9.59 Å². The van der Waals surface area contributed by atoms with Crippen LogP contribution < -0.4 is 19.7 Å². The molecular weight excluding hydrogens is 382 g/mol. The van der Waals surface area contributed by atoms with Crippen LogP contribution in [0.3, 0.4) is 0 Å². The van der Waals surface area contributed by atoms with Gasteiger partial charge in [-0.2, -0.15) is 0 Å². The third kappa shape index (κ3) is 3.84. The van der Waals surface area contributed by atoms with Crippen molar-refractivity contribution < 1.29 is 19.1 Å². The number of para-hydroxylation sites is 1. The van der Waals surface area contributed by atoms with E-state index in [1.54, 1.807) is 23.1 Å². The minimum atomic E-state index is -0.353. The van der Waals surface area contributed by atoms with Gasteiger partial charge < -0.3 is 24.6 Å². The molecule has 2 heterocycles. The fraction of sp³-hybridized carbons (Fsp3) is 0.300. The van der Waals surface area contributed by atoms with E-state index in [2.05, 4.69) is 10.2 Å². The molecule has 0 aliphatic carbocycles. The van der Waals surface area contributed by atoms with E-state index in [-0.39, 0.29) is 25.2 Å². The highest BCUT2D eigenvalue weighted by Crippen LogP contribution is 2.35. The van der Waals surface area contributed by atoms with E-state index in [9.17, 15) is 9.59 Å². The SMILES string of the molecule is O=C(NCC(=O)N1CCN(c2cccc(Cl)c2)CC1)c1cccc2c1OCO2. The summed E-state index contributed by atoms with van der Waals surface area (Å²) in [5, 5.41) is 3.37. The number of amides is 2. The first-order valence-corrected chi connectivity index (χ1v) is 9.45. The Kier molecular flexibility index (Phi) is 5.25. The number of rotatable bonds is 4. The van der Waals surface area contributed by atoms with Gasteiger partial charge in [0.05, 0.1) is 12.1 Å². The number of halogens is 1. The Bertz CT molecular complexity index is 897. The van der Waals surface area contributed by atoms with E-state index in [1.165, 1.54) is 0 Å². The lowest BCUT2D eigenvalue weighted by atomic mass is 10.1. The van der Waals surface area contributed by atoms with Gasteiger partial charge in [-0.25, -0.2) is 0 Å². The van der Waals surface area contributed by atoms with Crippen LogP contribution in [0.4, 0.5) is 5.69 Å². The molecule has 146 valence electrons. The quantitative estimate of drug-likeness (QED) is 0.850. The smallest absolute Gasteiger partial charge is 0.255 e. The number of ether oxygens (including phenoxy) is 2. The lowest BCUT2D eigenvalue weighted by Gasteiger charge is -2.36. The normalized spacial score (nSPS) is 15.5. The largest absolute Gasteiger partial charge is 0.454 e. The zero-order valence-electron chi connectivity index (χ0n) is 15.2. The summed E-state index contributed by atoms with van der Waals surface area (Å²) in [6, 6.07) is 12.8. The fourth-order valence-corrected chi connectivity index (χ4v) is 3.54. The van der Waals surface area contributed by atoms with Crippen LogP contribution in [0.2, 0.25) is 5.02 Å². The summed E-state index contributed by atoms with van der Waals surface area (Å²) >= 11 is 6.05. The van der Waals surface area contributed by atoms with Gasteiger partial charge in [-0.05, 0) is 30.3 Å². The number of carbonyl (C=O) groups excluding carboxylic acids is 2. The van der Waals surface area contributed by atoms with E-state index < -0.39 is 0 Å². The number of fused-ring (bicyclic) bond motifs is 1. The second-order valence-corrected chi connectivity index (χ2v) is 7.01. The van der Waals surface area contributed by atoms with E-state index in [0.717, 1.165) is 18.8 Å². The first-order chi connectivity index (χ1) is 13.6. The van der Waals surface area contributed by atoms with Gasteiger partial charge in [-0.1, -0.05) is 23.7 Å². The Balaban J connectivity index is 1.29. The zero-order chi connectivity index (χ0) is 19.5. The molecule has 0 spiro atoms. The molecule has 2 aromatic carbocycles. The highest BCUT2D eigenvalue weighted by Gasteiger charge is 2.24. The third-order valence-corrected chi connectivity index (χ3v) is 5.08. The van der Waals surface area contributed by atoms with Crippen LogP contribution in [0.25, 0.3) is 0 Å². The van der Waals surface area contributed by atoms with Crippen LogP contribution in [-0.4, -0.2) is 56.2 Å². The highest BCUT2D eigenvalue weighted by molar-refractivity contribution is 6.30. The lowest BCUT2D eigenvalue weighted by Crippen LogP contribution is -2.51. The van der Waals surface area contributed by atoms with Crippen molar-refractivity contribution in [2.75, 3.05) is 44.4 Å². The molecule has 2 aromatic rings. The minimum absolute atomic E-state index is 0.0550. The number of piperazine rings is 1. The summed E-state index contributed by atoms with van der Waals surface area (Å²) in [7, 11) is 0. The molecular formula is C20H20ClN3O4. The van der Waals surface area contributed by atoms with Crippen LogP contribution in [0.1, 0.15) is 10.4 Å². The van der Waals surface area contributed by atoms with Crippen LogP contribution in [0, 0.1) is 0 Å². The van der Waals surface area contributed by atoms with Crippen molar-refractivity contribution in [3.8, 4) is 11.5 Å². The van der Waals surface area contributed by atoms with Crippen molar-refractivity contribution in [1.29, 1.82) is 0 Å². The topological polar surface area (TPSA) is 71.1 Å². The second kappa shape index (κ2) is 7.98. The fourth-order valence-electron chi connectivity index (χ4n) is 3.36. The summed E-state index contributed by atoms with van der Waals surface area (Å²) in [5.41, 5.74) is 1.42. The van der Waals surface area contributed by atoms with Crippen molar-refractivity contribution in [2.24, 2.45) is 0 Å². The molecule has 1 N–H and O–H groups in total. The first kappa shape index (κ1) is 18.4. The molecule has 1 fully saturated rings. The molecule has 2 amide bonds. The summed E-state index contributed by atoms with van der Waals surface area (Å²) in [4.78, 5) is 28.9. The average molecular weight is 402 g/mol. The van der Waals surface area contributed by atoms with Gasteiger partial charge in [0.25, 0.3) is 5.91 Å². The standard InChI is InChI=1S/C20H20ClN3O4/c21-14-3-1-4-15(11-14)23-7-9-24(10-8-23)18(25)12-22-20(26)16-5-2-6-17-19(16)28-13-27-17/h1-6,11H,7-10,12-13H2,(H,22,26). The maximum atomic E-state index is 12.5. The van der Waals surface area contributed by atoms with Crippen molar-refractivity contribution in [2.45, 2.75) is 0 Å². The predicted molar refractivity (Wildman–Crippen MR) is 105 cm³/mol. The van der Waals surface area contributed by atoms with Gasteiger partial charge in [-0.15, -0.1) is 0 Å². The van der Waals surface area contributed by atoms with Gasteiger partial charge in [0.15, 0.2) is 11.5 Å². The highest BCUT2D eigenvalue weighted by atomic mass is 35.5. The Morgan fingerprint density at radius 3 is 2.61 bits per heavy atom. The molecule has 0 radical (unpaired) electrons. The molecule has 4 rings (SSSR count). The molecule has 2 aliphatic rings. The second-order valence-electron chi connectivity index (χ2n) is 6.57. The molecule has 0 atom stereocenters. The molecule has 0 bridgehead atoms.